The molecule has 1 aromatic rings. The van der Waals surface area contributed by atoms with Crippen LogP contribution in [-0.2, 0) is 4.74 Å². The van der Waals surface area contributed by atoms with Crippen molar-refractivity contribution in [1.82, 2.24) is 20.4 Å². The van der Waals surface area contributed by atoms with E-state index in [0.717, 1.165) is 45.4 Å². The number of hydrogen-bond acceptors (Lipinski definition) is 5. The topological polar surface area (TPSA) is 52.1 Å². The lowest BCUT2D eigenvalue weighted by Crippen LogP contribution is -2.51. The zero-order chi connectivity index (χ0) is 20.5. The van der Waals surface area contributed by atoms with E-state index in [1.165, 1.54) is 37.2 Å². The second-order valence-electron chi connectivity index (χ2n) is 8.54. The van der Waals surface area contributed by atoms with Crippen molar-refractivity contribution in [3.8, 4) is 0 Å². The van der Waals surface area contributed by atoms with Crippen LogP contribution in [0, 0.1) is 5.92 Å². The fraction of sp³-hybridized carbons (Fsp3) is 0.773. The Morgan fingerprint density at radius 3 is 2.40 bits per heavy atom. The Morgan fingerprint density at radius 2 is 1.80 bits per heavy atom. The minimum absolute atomic E-state index is 0. The van der Waals surface area contributed by atoms with Crippen molar-refractivity contribution in [3.63, 3.8) is 0 Å². The number of aliphatic imine (C=N–C) groups is 1. The van der Waals surface area contributed by atoms with Gasteiger partial charge in [-0.05, 0) is 49.7 Å². The van der Waals surface area contributed by atoms with E-state index < -0.39 is 0 Å². The molecule has 2 aliphatic rings. The Morgan fingerprint density at radius 1 is 1.10 bits per heavy atom. The molecule has 2 N–H and O–H groups in total. The maximum Gasteiger partial charge on any atom is 0.191 e. The lowest BCUT2D eigenvalue weighted by atomic mass is 10.0. The highest BCUT2D eigenvalue weighted by atomic mass is 127. The van der Waals surface area contributed by atoms with E-state index in [1.807, 2.05) is 18.4 Å². The van der Waals surface area contributed by atoms with Crippen molar-refractivity contribution < 1.29 is 4.74 Å². The van der Waals surface area contributed by atoms with Crippen molar-refractivity contribution in [2.45, 2.75) is 45.2 Å². The summed E-state index contributed by atoms with van der Waals surface area (Å²) in [4.78, 5) is 11.1. The molecule has 2 atom stereocenters. The molecule has 0 aromatic carbocycles. The second kappa shape index (κ2) is 13.9. The van der Waals surface area contributed by atoms with Crippen LogP contribution in [0.15, 0.2) is 22.5 Å². The van der Waals surface area contributed by atoms with Gasteiger partial charge in [-0.3, -0.25) is 14.8 Å². The molecule has 172 valence electrons. The summed E-state index contributed by atoms with van der Waals surface area (Å²) in [7, 11) is 1.87. The van der Waals surface area contributed by atoms with E-state index in [-0.39, 0.29) is 24.0 Å². The summed E-state index contributed by atoms with van der Waals surface area (Å²) in [6.45, 7) is 12.6. The van der Waals surface area contributed by atoms with Crippen LogP contribution in [0.2, 0.25) is 0 Å². The molecule has 1 aromatic heterocycles. The van der Waals surface area contributed by atoms with Gasteiger partial charge in [0.2, 0.25) is 0 Å². The molecule has 3 heterocycles. The van der Waals surface area contributed by atoms with Gasteiger partial charge in [0.05, 0.1) is 19.3 Å². The molecule has 30 heavy (non-hydrogen) atoms. The number of guanidine groups is 1. The van der Waals surface area contributed by atoms with Crippen LogP contribution in [0.1, 0.15) is 44.0 Å². The van der Waals surface area contributed by atoms with Gasteiger partial charge in [-0.1, -0.05) is 19.9 Å². The Labute approximate surface area is 203 Å². The van der Waals surface area contributed by atoms with Crippen molar-refractivity contribution in [3.05, 3.63) is 22.4 Å². The predicted octanol–water partition coefficient (Wildman–Crippen LogP) is 3.41. The maximum absolute atomic E-state index is 5.55. The molecular formula is C22H40IN5OS. The Balaban J connectivity index is 0.00000320. The number of morpholine rings is 1. The normalized spacial score (nSPS) is 20.7. The van der Waals surface area contributed by atoms with E-state index in [1.54, 1.807) is 0 Å². The first-order valence-electron chi connectivity index (χ1n) is 11.2. The van der Waals surface area contributed by atoms with Crippen LogP contribution in [0.3, 0.4) is 0 Å². The molecule has 0 spiro atoms. The first-order valence-corrected chi connectivity index (χ1v) is 12.1. The van der Waals surface area contributed by atoms with Gasteiger partial charge < -0.3 is 15.4 Å². The van der Waals surface area contributed by atoms with Crippen LogP contribution in [-0.4, -0.2) is 81.3 Å². The van der Waals surface area contributed by atoms with Gasteiger partial charge in [-0.2, -0.15) is 0 Å². The highest BCUT2D eigenvalue weighted by Gasteiger charge is 2.25. The number of ether oxygens (including phenoxy) is 1. The van der Waals surface area contributed by atoms with Crippen LogP contribution in [0.4, 0.5) is 0 Å². The average molecular weight is 550 g/mol. The first-order chi connectivity index (χ1) is 14.2. The summed E-state index contributed by atoms with van der Waals surface area (Å²) in [6.07, 6.45) is 3.81. The minimum atomic E-state index is 0. The van der Waals surface area contributed by atoms with Gasteiger partial charge in [0.1, 0.15) is 0 Å². The second-order valence-corrected chi connectivity index (χ2v) is 9.52. The van der Waals surface area contributed by atoms with Crippen LogP contribution in [0.5, 0.6) is 0 Å². The number of hydrogen-bond donors (Lipinski definition) is 2. The van der Waals surface area contributed by atoms with Crippen molar-refractivity contribution in [1.29, 1.82) is 0 Å². The summed E-state index contributed by atoms with van der Waals surface area (Å²) < 4.78 is 5.55. The monoisotopic (exact) mass is 549 g/mol. The quantitative estimate of drug-likeness (QED) is 0.281. The summed E-state index contributed by atoms with van der Waals surface area (Å²) in [5.41, 5.74) is 0. The third-order valence-electron chi connectivity index (χ3n) is 5.95. The van der Waals surface area contributed by atoms with Gasteiger partial charge in [-0.15, -0.1) is 35.3 Å². The highest BCUT2D eigenvalue weighted by Crippen LogP contribution is 2.27. The molecule has 0 radical (unpaired) electrons. The predicted molar refractivity (Wildman–Crippen MR) is 138 cm³/mol. The van der Waals surface area contributed by atoms with Crippen molar-refractivity contribution in [2.24, 2.45) is 10.9 Å². The van der Waals surface area contributed by atoms with Crippen LogP contribution >= 0.6 is 35.3 Å². The van der Waals surface area contributed by atoms with E-state index in [4.69, 9.17) is 4.74 Å². The average Bonchev–Trinajstić information content (AvgIpc) is 3.44. The molecule has 0 aliphatic carbocycles. The molecule has 0 bridgehead atoms. The standard InChI is InChI=1S/C22H39N5OS.HI/c1-18(2)15-19(26-10-12-28-13-11-26)16-24-22(23-3)25-17-20(21-7-6-14-29-21)27-8-4-5-9-27;/h6-7,14,18-20H,4-5,8-13,15-17H2,1-3H3,(H2,23,24,25);1H. The SMILES string of the molecule is CN=C(NCC(CC(C)C)N1CCOCC1)NCC(c1cccs1)N1CCCC1.I. The largest absolute Gasteiger partial charge is 0.379 e. The van der Waals surface area contributed by atoms with Gasteiger partial charge in [0.25, 0.3) is 0 Å². The van der Waals surface area contributed by atoms with E-state index in [2.05, 4.69) is 56.8 Å². The van der Waals surface area contributed by atoms with Gasteiger partial charge in [0, 0.05) is 44.1 Å². The van der Waals surface area contributed by atoms with Gasteiger partial charge in [0.15, 0.2) is 5.96 Å². The molecule has 2 saturated heterocycles. The number of halogens is 1. The van der Waals surface area contributed by atoms with E-state index >= 15 is 0 Å². The van der Waals surface area contributed by atoms with Gasteiger partial charge >= 0.3 is 0 Å². The third-order valence-corrected chi connectivity index (χ3v) is 6.92. The Kier molecular flexibility index (Phi) is 12.0. The first kappa shape index (κ1) is 25.8. The molecule has 2 unspecified atom stereocenters. The van der Waals surface area contributed by atoms with Gasteiger partial charge in [-0.25, -0.2) is 0 Å². The molecule has 0 amide bonds. The third kappa shape index (κ3) is 7.93. The lowest BCUT2D eigenvalue weighted by Gasteiger charge is -2.36. The van der Waals surface area contributed by atoms with Crippen molar-refractivity contribution >= 4 is 41.3 Å². The number of thiophene rings is 1. The zero-order valence-corrected chi connectivity index (χ0v) is 22.0. The lowest BCUT2D eigenvalue weighted by molar-refractivity contribution is 0.0132. The minimum Gasteiger partial charge on any atom is -0.379 e. The number of likely N-dealkylation sites (tertiary alicyclic amines) is 1. The number of rotatable bonds is 9. The molecular weight excluding hydrogens is 509 g/mol. The molecule has 6 nitrogen and oxygen atoms in total. The zero-order valence-electron chi connectivity index (χ0n) is 18.8. The molecule has 2 aliphatic heterocycles. The maximum atomic E-state index is 5.55. The fourth-order valence-corrected chi connectivity index (χ4v) is 5.28. The molecule has 3 rings (SSSR count). The van der Waals surface area contributed by atoms with Crippen LogP contribution in [0.25, 0.3) is 0 Å². The van der Waals surface area contributed by atoms with Crippen LogP contribution < -0.4 is 10.6 Å². The fourth-order valence-electron chi connectivity index (χ4n) is 4.42. The molecule has 2 fully saturated rings. The number of nitrogens with one attached hydrogen (secondary N) is 2. The van der Waals surface area contributed by atoms with E-state index in [0.29, 0.717) is 18.0 Å². The summed E-state index contributed by atoms with van der Waals surface area (Å²) in [5, 5.41) is 9.40. The summed E-state index contributed by atoms with van der Waals surface area (Å²) >= 11 is 1.86. The summed E-state index contributed by atoms with van der Waals surface area (Å²) in [5.74, 6) is 1.59. The molecule has 8 heteroatoms. The Bertz CT molecular complexity index is 601. The van der Waals surface area contributed by atoms with Crippen molar-refractivity contribution in [2.75, 3.05) is 59.5 Å². The van der Waals surface area contributed by atoms with E-state index in [9.17, 15) is 0 Å². The molecule has 0 saturated carbocycles. The highest BCUT2D eigenvalue weighted by molar-refractivity contribution is 14.0. The number of nitrogens with zero attached hydrogens (tertiary/aromatic N) is 3. The summed E-state index contributed by atoms with van der Waals surface area (Å²) in [6, 6.07) is 5.38. The Hall–Kier alpha value is -0.420. The smallest absolute Gasteiger partial charge is 0.191 e.